The molecule has 0 aromatic heterocycles. The minimum Gasteiger partial charge on any atom is -0.339 e. The number of halogens is 1. The van der Waals surface area contributed by atoms with Crippen LogP contribution in [-0.4, -0.2) is 23.9 Å². The van der Waals surface area contributed by atoms with Gasteiger partial charge in [0.2, 0.25) is 0 Å². The zero-order chi connectivity index (χ0) is 9.26. The fraction of sp³-hybridized carbons (Fsp3) is 0.300. The molecular formula is C10H10FNO. The summed E-state index contributed by atoms with van der Waals surface area (Å²) in [6.07, 6.45) is 1.08. The lowest BCUT2D eigenvalue weighted by Gasteiger charge is -2.30. The highest BCUT2D eigenvalue weighted by Crippen LogP contribution is 2.12. The highest BCUT2D eigenvalue weighted by Gasteiger charge is 2.20. The van der Waals surface area contributed by atoms with Crippen LogP contribution in [0, 0.1) is 5.82 Å². The molecule has 2 nitrogen and oxygen atoms in total. The fourth-order valence-corrected chi connectivity index (χ4v) is 1.29. The van der Waals surface area contributed by atoms with Gasteiger partial charge in [-0.2, -0.15) is 0 Å². The first-order valence-electron chi connectivity index (χ1n) is 4.32. The normalized spacial score (nSPS) is 15.3. The van der Waals surface area contributed by atoms with Gasteiger partial charge >= 0.3 is 0 Å². The van der Waals surface area contributed by atoms with E-state index in [0.29, 0.717) is 5.56 Å². The maximum absolute atomic E-state index is 12.5. The number of hydrogen-bond acceptors (Lipinski definition) is 1. The summed E-state index contributed by atoms with van der Waals surface area (Å²) in [5.41, 5.74) is 0.570. The highest BCUT2D eigenvalue weighted by molar-refractivity contribution is 5.94. The van der Waals surface area contributed by atoms with Gasteiger partial charge in [-0.15, -0.1) is 0 Å². The van der Waals surface area contributed by atoms with E-state index in [1.54, 1.807) is 4.90 Å². The molecule has 1 aromatic carbocycles. The van der Waals surface area contributed by atoms with E-state index in [9.17, 15) is 9.18 Å². The number of likely N-dealkylation sites (tertiary alicyclic amines) is 1. The van der Waals surface area contributed by atoms with Gasteiger partial charge in [0, 0.05) is 18.7 Å². The summed E-state index contributed by atoms with van der Waals surface area (Å²) < 4.78 is 12.5. The fourth-order valence-electron chi connectivity index (χ4n) is 1.29. The summed E-state index contributed by atoms with van der Waals surface area (Å²) in [5.74, 6) is -0.300. The molecule has 68 valence electrons. The van der Waals surface area contributed by atoms with Crippen LogP contribution in [0.4, 0.5) is 4.39 Å². The summed E-state index contributed by atoms with van der Waals surface area (Å²) in [4.78, 5) is 13.3. The van der Waals surface area contributed by atoms with Gasteiger partial charge in [-0.25, -0.2) is 4.39 Å². The van der Waals surface area contributed by atoms with Crippen molar-refractivity contribution in [3.05, 3.63) is 35.6 Å². The number of amides is 1. The summed E-state index contributed by atoms with van der Waals surface area (Å²) in [6.45, 7) is 1.66. The Bertz CT molecular complexity index is 316. The van der Waals surface area contributed by atoms with Crippen LogP contribution in [-0.2, 0) is 0 Å². The Hall–Kier alpha value is -1.38. The number of hydrogen-bond donors (Lipinski definition) is 0. The molecule has 2 rings (SSSR count). The summed E-state index contributed by atoms with van der Waals surface area (Å²) in [6, 6.07) is 5.67. The number of rotatable bonds is 1. The first-order chi connectivity index (χ1) is 6.27. The average molecular weight is 179 g/mol. The van der Waals surface area contributed by atoms with Crippen molar-refractivity contribution in [2.75, 3.05) is 13.1 Å². The van der Waals surface area contributed by atoms with E-state index < -0.39 is 0 Å². The molecule has 0 bridgehead atoms. The lowest BCUT2D eigenvalue weighted by molar-refractivity contribution is 0.0652. The Balaban J connectivity index is 2.15. The smallest absolute Gasteiger partial charge is 0.253 e. The van der Waals surface area contributed by atoms with Gasteiger partial charge in [0.15, 0.2) is 0 Å². The first-order valence-corrected chi connectivity index (χ1v) is 4.32. The van der Waals surface area contributed by atoms with Gasteiger partial charge in [0.1, 0.15) is 5.82 Å². The Morgan fingerprint density at radius 1 is 1.23 bits per heavy atom. The Kier molecular flexibility index (Phi) is 2.00. The van der Waals surface area contributed by atoms with Gasteiger partial charge in [0.25, 0.3) is 5.91 Å². The number of carbonyl (C=O) groups excluding carboxylic acids is 1. The van der Waals surface area contributed by atoms with Crippen LogP contribution in [0.5, 0.6) is 0 Å². The summed E-state index contributed by atoms with van der Waals surface area (Å²) in [5, 5.41) is 0. The van der Waals surface area contributed by atoms with Crippen LogP contribution < -0.4 is 0 Å². The van der Waals surface area contributed by atoms with Crippen molar-refractivity contribution in [2.45, 2.75) is 6.42 Å². The van der Waals surface area contributed by atoms with E-state index in [1.807, 2.05) is 0 Å². The molecule has 3 heteroatoms. The molecule has 0 unspecified atom stereocenters. The molecule has 1 aliphatic heterocycles. The third-order valence-electron chi connectivity index (χ3n) is 2.23. The lowest BCUT2D eigenvalue weighted by atomic mass is 10.1. The summed E-state index contributed by atoms with van der Waals surface area (Å²) in [7, 11) is 0. The van der Waals surface area contributed by atoms with E-state index in [4.69, 9.17) is 0 Å². The van der Waals surface area contributed by atoms with E-state index in [-0.39, 0.29) is 11.7 Å². The van der Waals surface area contributed by atoms with Crippen LogP contribution in [0.2, 0.25) is 0 Å². The Labute approximate surface area is 76.0 Å². The molecule has 0 saturated carbocycles. The third kappa shape index (κ3) is 1.54. The van der Waals surface area contributed by atoms with Crippen LogP contribution in [0.25, 0.3) is 0 Å². The van der Waals surface area contributed by atoms with Crippen molar-refractivity contribution < 1.29 is 9.18 Å². The van der Waals surface area contributed by atoms with Crippen LogP contribution >= 0.6 is 0 Å². The Morgan fingerprint density at radius 2 is 1.85 bits per heavy atom. The molecule has 0 atom stereocenters. The van der Waals surface area contributed by atoms with Crippen molar-refractivity contribution in [1.82, 2.24) is 4.90 Å². The molecule has 1 saturated heterocycles. The van der Waals surface area contributed by atoms with Crippen molar-refractivity contribution in [1.29, 1.82) is 0 Å². The van der Waals surface area contributed by atoms with Crippen LogP contribution in [0.15, 0.2) is 24.3 Å². The maximum atomic E-state index is 12.5. The van der Waals surface area contributed by atoms with E-state index >= 15 is 0 Å². The first kappa shape index (κ1) is 8.23. The average Bonchev–Trinajstić information content (AvgIpc) is 2.02. The largest absolute Gasteiger partial charge is 0.339 e. The van der Waals surface area contributed by atoms with Crippen molar-refractivity contribution in [3.63, 3.8) is 0 Å². The van der Waals surface area contributed by atoms with E-state index in [2.05, 4.69) is 0 Å². The highest BCUT2D eigenvalue weighted by atomic mass is 19.1. The number of carbonyl (C=O) groups is 1. The second-order valence-electron chi connectivity index (χ2n) is 3.15. The topological polar surface area (TPSA) is 20.3 Å². The molecule has 0 spiro atoms. The molecule has 0 aliphatic carbocycles. The third-order valence-corrected chi connectivity index (χ3v) is 2.23. The lowest BCUT2D eigenvalue weighted by Crippen LogP contribution is -2.41. The predicted molar refractivity (Wildman–Crippen MR) is 46.9 cm³/mol. The predicted octanol–water partition coefficient (Wildman–Crippen LogP) is 1.67. The Morgan fingerprint density at radius 3 is 2.31 bits per heavy atom. The second kappa shape index (κ2) is 3.17. The molecule has 0 N–H and O–H groups in total. The number of nitrogens with zero attached hydrogens (tertiary/aromatic N) is 1. The SMILES string of the molecule is O=C(c1ccc(F)cc1)N1CCC1. The zero-order valence-electron chi connectivity index (χ0n) is 7.16. The zero-order valence-corrected chi connectivity index (χ0v) is 7.16. The molecule has 1 amide bonds. The minimum atomic E-state index is -0.305. The minimum absolute atomic E-state index is 0.00579. The molecule has 1 aliphatic rings. The monoisotopic (exact) mass is 179 g/mol. The molecule has 0 radical (unpaired) electrons. The van der Waals surface area contributed by atoms with Crippen LogP contribution in [0.3, 0.4) is 0 Å². The standard InChI is InChI=1S/C10H10FNO/c11-9-4-2-8(3-5-9)10(13)12-6-1-7-12/h2-5H,1,6-7H2. The molecular weight excluding hydrogens is 169 g/mol. The van der Waals surface area contributed by atoms with Gasteiger partial charge in [-0.05, 0) is 30.7 Å². The molecule has 1 heterocycles. The number of benzene rings is 1. The molecule has 1 aromatic rings. The quantitative estimate of drug-likeness (QED) is 0.642. The van der Waals surface area contributed by atoms with Gasteiger partial charge in [-0.3, -0.25) is 4.79 Å². The van der Waals surface area contributed by atoms with Crippen molar-refractivity contribution >= 4 is 5.91 Å². The van der Waals surface area contributed by atoms with Crippen molar-refractivity contribution in [3.8, 4) is 0 Å². The molecule has 1 fully saturated rings. The van der Waals surface area contributed by atoms with Gasteiger partial charge in [-0.1, -0.05) is 0 Å². The van der Waals surface area contributed by atoms with Crippen molar-refractivity contribution in [2.24, 2.45) is 0 Å². The molecule has 13 heavy (non-hydrogen) atoms. The second-order valence-corrected chi connectivity index (χ2v) is 3.15. The van der Waals surface area contributed by atoms with E-state index in [0.717, 1.165) is 19.5 Å². The van der Waals surface area contributed by atoms with Gasteiger partial charge in [0.05, 0.1) is 0 Å². The van der Waals surface area contributed by atoms with E-state index in [1.165, 1.54) is 24.3 Å². The summed E-state index contributed by atoms with van der Waals surface area (Å²) >= 11 is 0. The van der Waals surface area contributed by atoms with Crippen LogP contribution in [0.1, 0.15) is 16.8 Å². The van der Waals surface area contributed by atoms with Gasteiger partial charge < -0.3 is 4.90 Å². The maximum Gasteiger partial charge on any atom is 0.253 e.